The number of amides is 1. The minimum Gasteiger partial charge on any atom is -0.490 e. The van der Waals surface area contributed by atoms with E-state index in [1.165, 1.54) is 16.7 Å². The first-order valence-electron chi connectivity index (χ1n) is 8.44. The van der Waals surface area contributed by atoms with E-state index in [0.717, 1.165) is 5.56 Å². The molecule has 0 saturated carbocycles. The molecule has 146 valence electrons. The third-order valence-electron chi connectivity index (χ3n) is 3.99. The number of thioether (sulfide) groups is 1. The predicted molar refractivity (Wildman–Crippen MR) is 119 cm³/mol. The molecule has 1 heterocycles. The number of hydrogen-bond donors (Lipinski definition) is 0. The van der Waals surface area contributed by atoms with Gasteiger partial charge in [0, 0.05) is 22.7 Å². The molecule has 28 heavy (non-hydrogen) atoms. The second-order valence-corrected chi connectivity index (χ2v) is 8.36. The van der Waals surface area contributed by atoms with Gasteiger partial charge in [-0.2, -0.15) is 0 Å². The molecule has 1 fully saturated rings. The average molecular weight is 454 g/mol. The quantitative estimate of drug-likeness (QED) is 0.407. The van der Waals surface area contributed by atoms with Gasteiger partial charge in [-0.05, 0) is 42.8 Å². The molecular formula is C20H17Cl2NO3S2. The van der Waals surface area contributed by atoms with Crippen molar-refractivity contribution in [3.05, 3.63) is 62.5 Å². The summed E-state index contributed by atoms with van der Waals surface area (Å²) in [5.41, 5.74) is 1.53. The molecule has 1 aliphatic heterocycles. The summed E-state index contributed by atoms with van der Waals surface area (Å²) in [4.78, 5) is 14.2. The summed E-state index contributed by atoms with van der Waals surface area (Å²) in [6, 6.07) is 10.8. The van der Waals surface area contributed by atoms with E-state index < -0.39 is 0 Å². The smallest absolute Gasteiger partial charge is 0.265 e. The SMILES string of the molecule is CCOc1cc(/C=C2\SC(=S)N(C)C2=O)ccc1OCc1c(Cl)cccc1Cl. The van der Waals surface area contributed by atoms with E-state index in [0.29, 0.717) is 42.9 Å². The largest absolute Gasteiger partial charge is 0.490 e. The summed E-state index contributed by atoms with van der Waals surface area (Å²) in [5.74, 6) is 1.03. The van der Waals surface area contributed by atoms with Gasteiger partial charge in [0.25, 0.3) is 5.91 Å². The first kappa shape index (κ1) is 21.0. The molecular weight excluding hydrogens is 437 g/mol. The number of benzene rings is 2. The molecule has 8 heteroatoms. The van der Waals surface area contributed by atoms with Gasteiger partial charge in [0.1, 0.15) is 10.9 Å². The fourth-order valence-corrected chi connectivity index (χ4v) is 4.21. The van der Waals surface area contributed by atoms with Crippen molar-refractivity contribution in [3.8, 4) is 11.5 Å². The van der Waals surface area contributed by atoms with E-state index >= 15 is 0 Å². The number of nitrogens with zero attached hydrogens (tertiary/aromatic N) is 1. The van der Waals surface area contributed by atoms with Crippen LogP contribution in [0.5, 0.6) is 11.5 Å². The van der Waals surface area contributed by atoms with Crippen LogP contribution in [0.2, 0.25) is 10.0 Å². The molecule has 3 rings (SSSR count). The van der Waals surface area contributed by atoms with E-state index in [9.17, 15) is 4.79 Å². The lowest BCUT2D eigenvalue weighted by molar-refractivity contribution is -0.121. The Kier molecular flexibility index (Phi) is 6.88. The third kappa shape index (κ3) is 4.63. The van der Waals surface area contributed by atoms with E-state index in [-0.39, 0.29) is 12.5 Å². The Morgan fingerprint density at radius 3 is 2.46 bits per heavy atom. The van der Waals surface area contributed by atoms with E-state index in [2.05, 4.69) is 0 Å². The lowest BCUT2D eigenvalue weighted by atomic mass is 10.1. The molecule has 0 aliphatic carbocycles. The highest BCUT2D eigenvalue weighted by molar-refractivity contribution is 8.26. The summed E-state index contributed by atoms with van der Waals surface area (Å²) < 4.78 is 12.2. The first-order valence-corrected chi connectivity index (χ1v) is 10.4. The summed E-state index contributed by atoms with van der Waals surface area (Å²) in [6.45, 7) is 2.58. The molecule has 0 bridgehead atoms. The second kappa shape index (κ2) is 9.18. The van der Waals surface area contributed by atoms with Gasteiger partial charge in [-0.25, -0.2) is 0 Å². The molecule has 0 unspecified atom stereocenters. The predicted octanol–water partition coefficient (Wildman–Crippen LogP) is 5.80. The fraction of sp³-hybridized carbons (Fsp3) is 0.200. The molecule has 4 nitrogen and oxygen atoms in total. The van der Waals surface area contributed by atoms with Crippen molar-refractivity contribution in [2.75, 3.05) is 13.7 Å². The third-order valence-corrected chi connectivity index (χ3v) is 6.18. The number of thiocarbonyl (C=S) groups is 1. The molecule has 0 atom stereocenters. The minimum atomic E-state index is -0.110. The van der Waals surface area contributed by atoms with Gasteiger partial charge in [-0.3, -0.25) is 9.69 Å². The van der Waals surface area contributed by atoms with Crippen molar-refractivity contribution in [1.82, 2.24) is 4.90 Å². The van der Waals surface area contributed by atoms with Crippen LogP contribution in [0.4, 0.5) is 0 Å². The van der Waals surface area contributed by atoms with Crippen molar-refractivity contribution in [3.63, 3.8) is 0 Å². The van der Waals surface area contributed by atoms with Gasteiger partial charge in [-0.1, -0.05) is 59.3 Å². The zero-order valence-electron chi connectivity index (χ0n) is 15.2. The van der Waals surface area contributed by atoms with Gasteiger partial charge in [0.2, 0.25) is 0 Å². The maximum Gasteiger partial charge on any atom is 0.265 e. The van der Waals surface area contributed by atoms with Crippen LogP contribution in [-0.2, 0) is 11.4 Å². The molecule has 0 aromatic heterocycles. The molecule has 1 aliphatic rings. The van der Waals surface area contributed by atoms with Gasteiger partial charge >= 0.3 is 0 Å². The van der Waals surface area contributed by atoms with Crippen molar-refractivity contribution in [2.24, 2.45) is 0 Å². The maximum absolute atomic E-state index is 12.2. The van der Waals surface area contributed by atoms with Crippen LogP contribution >= 0.6 is 47.2 Å². The number of ether oxygens (including phenoxy) is 2. The maximum atomic E-state index is 12.2. The molecule has 1 amide bonds. The first-order chi connectivity index (χ1) is 13.4. The van der Waals surface area contributed by atoms with Gasteiger partial charge in [0.05, 0.1) is 11.5 Å². The fourth-order valence-electron chi connectivity index (χ4n) is 2.52. The number of carbonyl (C=O) groups excluding carboxylic acids is 1. The Morgan fingerprint density at radius 1 is 1.14 bits per heavy atom. The van der Waals surface area contributed by atoms with Crippen molar-refractivity contribution < 1.29 is 14.3 Å². The topological polar surface area (TPSA) is 38.8 Å². The summed E-state index contributed by atoms with van der Waals surface area (Å²) in [6.07, 6.45) is 1.79. The average Bonchev–Trinajstić information content (AvgIpc) is 2.90. The Bertz CT molecular complexity index is 942. The zero-order valence-corrected chi connectivity index (χ0v) is 18.3. The van der Waals surface area contributed by atoms with E-state index in [1.54, 1.807) is 37.4 Å². The minimum absolute atomic E-state index is 0.110. The zero-order chi connectivity index (χ0) is 20.3. The number of carbonyl (C=O) groups is 1. The molecule has 0 radical (unpaired) electrons. The van der Waals surface area contributed by atoms with E-state index in [1.807, 2.05) is 19.1 Å². The molecule has 1 saturated heterocycles. The van der Waals surface area contributed by atoms with Crippen LogP contribution < -0.4 is 9.47 Å². The Hall–Kier alpha value is -1.73. The Balaban J connectivity index is 1.83. The monoisotopic (exact) mass is 453 g/mol. The highest BCUT2D eigenvalue weighted by Gasteiger charge is 2.28. The van der Waals surface area contributed by atoms with Gasteiger partial charge in [-0.15, -0.1) is 0 Å². The molecule has 0 N–H and O–H groups in total. The van der Waals surface area contributed by atoms with Crippen LogP contribution in [0.25, 0.3) is 6.08 Å². The van der Waals surface area contributed by atoms with Crippen molar-refractivity contribution in [1.29, 1.82) is 0 Å². The molecule has 2 aromatic carbocycles. The summed E-state index contributed by atoms with van der Waals surface area (Å²) in [5, 5.41) is 1.09. The molecule has 2 aromatic rings. The van der Waals surface area contributed by atoms with Crippen LogP contribution in [0.15, 0.2) is 41.3 Å². The van der Waals surface area contributed by atoms with Crippen LogP contribution in [0.1, 0.15) is 18.1 Å². The number of likely N-dealkylation sites (N-methyl/N-ethyl adjacent to an activating group) is 1. The van der Waals surface area contributed by atoms with Crippen LogP contribution in [0, 0.1) is 0 Å². The van der Waals surface area contributed by atoms with Gasteiger partial charge in [0.15, 0.2) is 11.5 Å². The highest BCUT2D eigenvalue weighted by Crippen LogP contribution is 2.35. The molecule has 0 spiro atoms. The Morgan fingerprint density at radius 2 is 1.86 bits per heavy atom. The highest BCUT2D eigenvalue weighted by atomic mass is 35.5. The number of rotatable bonds is 6. The Labute approximate surface area is 183 Å². The van der Waals surface area contributed by atoms with Crippen molar-refractivity contribution in [2.45, 2.75) is 13.5 Å². The number of hydrogen-bond acceptors (Lipinski definition) is 5. The number of halogens is 2. The van der Waals surface area contributed by atoms with Crippen molar-refractivity contribution >= 4 is 63.5 Å². The van der Waals surface area contributed by atoms with Crippen LogP contribution in [-0.4, -0.2) is 28.8 Å². The van der Waals surface area contributed by atoms with Crippen LogP contribution in [0.3, 0.4) is 0 Å². The normalized spacial score (nSPS) is 15.4. The standard InChI is InChI=1S/C20H17Cl2NO3S2/c1-3-25-17-9-12(10-18-19(24)23(2)20(27)28-18)7-8-16(17)26-11-13-14(21)5-4-6-15(13)22/h4-10H,3,11H2,1-2H3/b18-10-. The lowest BCUT2D eigenvalue weighted by Crippen LogP contribution is -2.22. The summed E-state index contributed by atoms with van der Waals surface area (Å²) in [7, 11) is 1.67. The summed E-state index contributed by atoms with van der Waals surface area (Å²) >= 11 is 18.8. The lowest BCUT2D eigenvalue weighted by Gasteiger charge is -2.14. The second-order valence-electron chi connectivity index (χ2n) is 5.87. The van der Waals surface area contributed by atoms with Gasteiger partial charge < -0.3 is 9.47 Å². The van der Waals surface area contributed by atoms with E-state index in [4.69, 9.17) is 44.9 Å².